The molecule has 204 valence electrons. The van der Waals surface area contributed by atoms with Crippen molar-refractivity contribution in [2.45, 2.75) is 18.8 Å². The van der Waals surface area contributed by atoms with E-state index < -0.39 is 30.4 Å². The lowest BCUT2D eigenvalue weighted by Gasteiger charge is -2.21. The summed E-state index contributed by atoms with van der Waals surface area (Å²) in [7, 11) is 1.31. The number of para-hydroxylation sites is 1. The highest BCUT2D eigenvalue weighted by molar-refractivity contribution is 5.98. The van der Waals surface area contributed by atoms with Gasteiger partial charge in [0.2, 0.25) is 5.89 Å². The molecular formula is C26H23F3N4O6. The summed E-state index contributed by atoms with van der Waals surface area (Å²) in [5, 5.41) is 12.6. The number of hydrogen-bond acceptors (Lipinski definition) is 9. The van der Waals surface area contributed by atoms with Gasteiger partial charge in [0.15, 0.2) is 23.0 Å². The molecule has 1 amide bonds. The number of rotatable bonds is 7. The molecule has 2 aromatic heterocycles. The summed E-state index contributed by atoms with van der Waals surface area (Å²) in [6.07, 6.45) is -4.67. The van der Waals surface area contributed by atoms with Crippen LogP contribution in [0.2, 0.25) is 0 Å². The highest BCUT2D eigenvalue weighted by Crippen LogP contribution is 2.38. The minimum atomic E-state index is -4.67. The number of aliphatic hydroxyl groups is 1. The molecule has 10 nitrogen and oxygen atoms in total. The van der Waals surface area contributed by atoms with Crippen LogP contribution in [0.25, 0.3) is 22.4 Å². The number of aliphatic hydroxyl groups excluding tert-OH is 1. The predicted molar refractivity (Wildman–Crippen MR) is 131 cm³/mol. The number of carbonyl (C=O) groups excluding carboxylic acids is 1. The standard InChI is InChI=1S/C26H23F3N4O6/c1-36-17-7-5-15(14-6-8-19(26(27,28)29)32-20(14)17)25-33-21(23(39-25)16(30)12-34)24(35)31-11-13-3-2-4-18-22(13)38-10-9-37-18/h2-8,16,34H,9-12,30H2,1H3,(H,31,35)/t16-/m0/s1. The number of nitrogens with zero attached hydrogens (tertiary/aromatic N) is 2. The van der Waals surface area contributed by atoms with Gasteiger partial charge in [0.05, 0.1) is 19.8 Å². The molecule has 0 radical (unpaired) electrons. The molecule has 1 atom stereocenters. The molecule has 0 saturated heterocycles. The Morgan fingerprint density at radius 1 is 1.15 bits per heavy atom. The Morgan fingerprint density at radius 2 is 1.95 bits per heavy atom. The van der Waals surface area contributed by atoms with Crippen molar-refractivity contribution in [3.05, 3.63) is 65.2 Å². The second kappa shape index (κ2) is 10.4. The first-order valence-electron chi connectivity index (χ1n) is 11.8. The van der Waals surface area contributed by atoms with E-state index in [-0.39, 0.29) is 46.1 Å². The van der Waals surface area contributed by atoms with Crippen molar-refractivity contribution in [1.82, 2.24) is 15.3 Å². The van der Waals surface area contributed by atoms with Crippen LogP contribution in [-0.4, -0.2) is 47.9 Å². The van der Waals surface area contributed by atoms with Gasteiger partial charge in [-0.15, -0.1) is 0 Å². The highest BCUT2D eigenvalue weighted by Gasteiger charge is 2.33. The monoisotopic (exact) mass is 544 g/mol. The van der Waals surface area contributed by atoms with E-state index in [9.17, 15) is 23.1 Å². The summed E-state index contributed by atoms with van der Waals surface area (Å²) in [5.74, 6) is 0.356. The molecule has 3 heterocycles. The van der Waals surface area contributed by atoms with E-state index in [1.807, 2.05) is 0 Å². The molecule has 2 aromatic carbocycles. The van der Waals surface area contributed by atoms with Crippen LogP contribution in [0.5, 0.6) is 17.2 Å². The van der Waals surface area contributed by atoms with Crippen LogP contribution < -0.4 is 25.3 Å². The van der Waals surface area contributed by atoms with Gasteiger partial charge < -0.3 is 34.8 Å². The fraction of sp³-hybridized carbons (Fsp3) is 0.269. The normalized spacial score (nSPS) is 13.8. The second-order valence-electron chi connectivity index (χ2n) is 8.55. The largest absolute Gasteiger partial charge is 0.494 e. The molecule has 4 aromatic rings. The summed E-state index contributed by atoms with van der Waals surface area (Å²) in [5.41, 5.74) is 5.56. The number of benzene rings is 2. The van der Waals surface area contributed by atoms with Crippen molar-refractivity contribution in [3.63, 3.8) is 0 Å². The van der Waals surface area contributed by atoms with Crippen molar-refractivity contribution < 1.29 is 41.7 Å². The SMILES string of the molecule is COc1ccc(-c2nc(C(=O)NCc3cccc4c3OCCO4)c([C@@H](N)CO)o2)c2ccc(C(F)(F)F)nc12. The van der Waals surface area contributed by atoms with Crippen molar-refractivity contribution >= 4 is 16.8 Å². The van der Waals surface area contributed by atoms with E-state index >= 15 is 0 Å². The van der Waals surface area contributed by atoms with E-state index in [0.717, 1.165) is 6.07 Å². The summed E-state index contributed by atoms with van der Waals surface area (Å²) in [6.45, 7) is 0.304. The Hall–Kier alpha value is -4.36. The van der Waals surface area contributed by atoms with Gasteiger partial charge in [0, 0.05) is 23.1 Å². The first-order chi connectivity index (χ1) is 18.7. The molecule has 13 heteroatoms. The maximum absolute atomic E-state index is 13.3. The molecule has 39 heavy (non-hydrogen) atoms. The van der Waals surface area contributed by atoms with Gasteiger partial charge >= 0.3 is 6.18 Å². The average molecular weight is 544 g/mol. The van der Waals surface area contributed by atoms with E-state index in [1.54, 1.807) is 18.2 Å². The molecule has 0 fully saturated rings. The number of ether oxygens (including phenoxy) is 3. The molecule has 1 aliphatic rings. The van der Waals surface area contributed by atoms with Crippen LogP contribution in [0.3, 0.4) is 0 Å². The number of oxazole rings is 1. The molecule has 0 bridgehead atoms. The minimum absolute atomic E-state index is 0.0664. The number of halogens is 3. The maximum Gasteiger partial charge on any atom is 0.433 e. The fourth-order valence-corrected chi connectivity index (χ4v) is 4.18. The van der Waals surface area contributed by atoms with E-state index in [1.165, 1.54) is 25.3 Å². The number of nitrogens with two attached hydrogens (primary N) is 1. The van der Waals surface area contributed by atoms with Crippen LogP contribution >= 0.6 is 0 Å². The Bertz CT molecular complexity index is 1540. The number of carbonyl (C=O) groups is 1. The summed E-state index contributed by atoms with van der Waals surface area (Å²) < 4.78 is 62.2. The predicted octanol–water partition coefficient (Wildman–Crippen LogP) is 3.61. The molecule has 1 aliphatic heterocycles. The summed E-state index contributed by atoms with van der Waals surface area (Å²) >= 11 is 0. The molecule has 0 saturated carbocycles. The molecule has 0 spiro atoms. The molecule has 0 unspecified atom stereocenters. The topological polar surface area (TPSA) is 142 Å². The van der Waals surface area contributed by atoms with E-state index in [4.69, 9.17) is 24.4 Å². The smallest absolute Gasteiger partial charge is 0.433 e. The lowest BCUT2D eigenvalue weighted by molar-refractivity contribution is -0.140. The van der Waals surface area contributed by atoms with Gasteiger partial charge in [-0.05, 0) is 30.3 Å². The van der Waals surface area contributed by atoms with Crippen LogP contribution in [0.15, 0.2) is 46.9 Å². The van der Waals surface area contributed by atoms with Crippen molar-refractivity contribution in [3.8, 4) is 28.7 Å². The van der Waals surface area contributed by atoms with E-state index in [0.29, 0.717) is 30.3 Å². The fourth-order valence-electron chi connectivity index (χ4n) is 4.18. The summed E-state index contributed by atoms with van der Waals surface area (Å²) in [6, 6.07) is 9.19. The number of pyridine rings is 1. The van der Waals surface area contributed by atoms with Gasteiger partial charge in [0.1, 0.15) is 30.2 Å². The zero-order chi connectivity index (χ0) is 27.7. The molecule has 4 N–H and O–H groups in total. The lowest BCUT2D eigenvalue weighted by Crippen LogP contribution is -2.27. The minimum Gasteiger partial charge on any atom is -0.494 e. The molecule has 0 aliphatic carbocycles. The van der Waals surface area contributed by atoms with E-state index in [2.05, 4.69) is 15.3 Å². The number of fused-ring (bicyclic) bond motifs is 2. The maximum atomic E-state index is 13.3. The Morgan fingerprint density at radius 3 is 2.69 bits per heavy atom. The Balaban J connectivity index is 1.51. The number of amides is 1. The van der Waals surface area contributed by atoms with Crippen LogP contribution in [0, 0.1) is 0 Å². The highest BCUT2D eigenvalue weighted by atomic mass is 19.4. The number of aromatic nitrogens is 2. The zero-order valence-corrected chi connectivity index (χ0v) is 20.5. The van der Waals surface area contributed by atoms with Crippen molar-refractivity contribution in [2.24, 2.45) is 5.73 Å². The molecule has 5 rings (SSSR count). The third-order valence-electron chi connectivity index (χ3n) is 6.05. The van der Waals surface area contributed by atoms with Crippen molar-refractivity contribution in [2.75, 3.05) is 26.9 Å². The molecular weight excluding hydrogens is 521 g/mol. The number of methoxy groups -OCH3 is 1. The lowest BCUT2D eigenvalue weighted by atomic mass is 10.1. The first kappa shape index (κ1) is 26.3. The Kier molecular flexibility index (Phi) is 7.02. The zero-order valence-electron chi connectivity index (χ0n) is 20.5. The third-order valence-corrected chi connectivity index (χ3v) is 6.05. The quantitative estimate of drug-likeness (QED) is 0.318. The van der Waals surface area contributed by atoms with Crippen LogP contribution in [-0.2, 0) is 12.7 Å². The van der Waals surface area contributed by atoms with Crippen LogP contribution in [0.4, 0.5) is 13.2 Å². The van der Waals surface area contributed by atoms with Gasteiger partial charge in [-0.3, -0.25) is 4.79 Å². The number of hydrogen-bond donors (Lipinski definition) is 3. The summed E-state index contributed by atoms with van der Waals surface area (Å²) in [4.78, 5) is 21.2. The van der Waals surface area contributed by atoms with Gasteiger partial charge in [-0.25, -0.2) is 9.97 Å². The Labute approximate surface area is 219 Å². The number of alkyl halides is 3. The second-order valence-corrected chi connectivity index (χ2v) is 8.55. The van der Waals surface area contributed by atoms with Gasteiger partial charge in [-0.1, -0.05) is 12.1 Å². The van der Waals surface area contributed by atoms with Gasteiger partial charge in [-0.2, -0.15) is 13.2 Å². The van der Waals surface area contributed by atoms with Crippen molar-refractivity contribution in [1.29, 1.82) is 0 Å². The van der Waals surface area contributed by atoms with Crippen LogP contribution in [0.1, 0.15) is 33.5 Å². The third kappa shape index (κ3) is 5.05. The average Bonchev–Trinajstić information content (AvgIpc) is 3.39. The van der Waals surface area contributed by atoms with Gasteiger partial charge in [0.25, 0.3) is 5.91 Å². The number of nitrogens with one attached hydrogen (secondary N) is 1. The first-order valence-corrected chi connectivity index (χ1v) is 11.8.